The molecule has 1 fully saturated rings. The molecule has 2 atom stereocenters. The van der Waals surface area contributed by atoms with Gasteiger partial charge in [-0.15, -0.1) is 0 Å². The van der Waals surface area contributed by atoms with Gasteiger partial charge in [-0.2, -0.15) is 0 Å². The Bertz CT molecular complexity index is 1110. The zero-order valence-corrected chi connectivity index (χ0v) is 19.5. The van der Waals surface area contributed by atoms with Crippen LogP contribution < -0.4 is 0 Å². The Hall–Kier alpha value is -2.15. The first kappa shape index (κ1) is 21.1. The van der Waals surface area contributed by atoms with Gasteiger partial charge in [0, 0.05) is 50.5 Å². The monoisotopic (exact) mass is 475 g/mol. The van der Waals surface area contributed by atoms with Crippen molar-refractivity contribution in [2.24, 2.45) is 4.99 Å². The molecule has 7 heteroatoms. The van der Waals surface area contributed by atoms with Crippen molar-refractivity contribution in [2.75, 3.05) is 6.54 Å². The molecule has 5 nitrogen and oxygen atoms in total. The van der Waals surface area contributed by atoms with Gasteiger partial charge in [0.1, 0.15) is 5.82 Å². The predicted octanol–water partition coefficient (Wildman–Crippen LogP) is 5.37. The quantitative estimate of drug-likeness (QED) is 0.387. The summed E-state index contributed by atoms with van der Waals surface area (Å²) in [6, 6.07) is 15.5. The van der Waals surface area contributed by atoms with E-state index in [1.54, 1.807) is 25.4 Å². The van der Waals surface area contributed by atoms with Gasteiger partial charge in [0.2, 0.25) is 0 Å². The van der Waals surface area contributed by atoms with E-state index in [2.05, 4.69) is 33.6 Å². The van der Waals surface area contributed by atoms with Crippen molar-refractivity contribution in [1.82, 2.24) is 9.99 Å². The van der Waals surface area contributed by atoms with Crippen molar-refractivity contribution in [2.45, 2.75) is 25.3 Å². The van der Waals surface area contributed by atoms with Crippen LogP contribution in [0.4, 0.5) is 10.1 Å². The number of hydrogen-bond donors (Lipinski definition) is 2. The summed E-state index contributed by atoms with van der Waals surface area (Å²) in [5, 5.41) is 10.3. The number of nitrogens with one attached hydrogen (secondary N) is 2. The van der Waals surface area contributed by atoms with Crippen LogP contribution in [0.3, 0.4) is 0 Å². The van der Waals surface area contributed by atoms with E-state index in [-0.39, 0.29) is 56.1 Å². The van der Waals surface area contributed by atoms with Gasteiger partial charge in [-0.3, -0.25) is 5.41 Å². The first-order valence-electron chi connectivity index (χ1n) is 9.74. The van der Waals surface area contributed by atoms with Crippen molar-refractivity contribution in [3.05, 3.63) is 93.9 Å². The van der Waals surface area contributed by atoms with Crippen LogP contribution >= 0.6 is 0 Å². The molecule has 30 heavy (non-hydrogen) atoms. The van der Waals surface area contributed by atoms with E-state index in [0.29, 0.717) is 17.0 Å². The zero-order chi connectivity index (χ0) is 20.0. The molecule has 0 amide bonds. The normalized spacial score (nSPS) is 19.7. The third-order valence-corrected chi connectivity index (χ3v) is 5.81. The molecule has 2 N–H and O–H groups in total. The van der Waals surface area contributed by atoms with Gasteiger partial charge >= 0.3 is 0 Å². The van der Waals surface area contributed by atoms with Crippen LogP contribution in [-0.4, -0.2) is 28.6 Å². The smallest absolute Gasteiger partial charge is 0.152 e. The summed E-state index contributed by atoms with van der Waals surface area (Å²) in [5.41, 5.74) is 9.65. The molecule has 5 rings (SSSR count). The Kier molecular flexibility index (Phi) is 6.00. The Morgan fingerprint density at radius 2 is 2.03 bits per heavy atom. The molecule has 0 saturated carbocycles. The summed E-state index contributed by atoms with van der Waals surface area (Å²) in [6.45, 7) is 2.59. The molecule has 2 heterocycles. The number of halogens is 1. The van der Waals surface area contributed by atoms with Crippen LogP contribution in [0, 0.1) is 18.2 Å². The second-order valence-electron chi connectivity index (χ2n) is 7.65. The third kappa shape index (κ3) is 3.80. The summed E-state index contributed by atoms with van der Waals surface area (Å²) in [5.74, 6) is 0.168. The first-order chi connectivity index (χ1) is 14.1. The minimum absolute atomic E-state index is 0. The fourth-order valence-electron chi connectivity index (χ4n) is 4.39. The summed E-state index contributed by atoms with van der Waals surface area (Å²) in [4.78, 5) is 7.24. The molecule has 1 aliphatic heterocycles. The largest absolute Gasteiger partial charge is 0.617 e. The Morgan fingerprint density at radius 3 is 2.80 bits per heavy atom. The van der Waals surface area contributed by atoms with E-state index in [0.717, 1.165) is 18.7 Å². The SMILES string of the molecule is Cc1cc(F)c([N-]N2CC3CC2c2ccccc23)cc1C(=N)N=Cc1ccc[nH]1.[Y]. The molecular formula is C23H21FN5Y-. The number of aromatic amines is 1. The molecule has 149 valence electrons. The van der Waals surface area contributed by atoms with Crippen molar-refractivity contribution in [1.29, 1.82) is 5.41 Å². The number of fused-ring (bicyclic) bond motifs is 5. The van der Waals surface area contributed by atoms with E-state index in [4.69, 9.17) is 5.41 Å². The molecule has 0 spiro atoms. The number of aliphatic imine (C=N–C) groups is 1. The first-order valence-corrected chi connectivity index (χ1v) is 9.74. The standard InChI is InChI=1S/C23H21FN5.Y/c1-14-9-20(24)21(11-19(14)23(25)27-12-16-5-4-8-26-16)28-29-13-15-10-22(29)18-7-3-2-6-17(15)18;/h2-9,11-12,15,22,25-26H,10,13H2,1H3;/q-1;. The van der Waals surface area contributed by atoms with Crippen molar-refractivity contribution in [3.8, 4) is 0 Å². The van der Waals surface area contributed by atoms with Gasteiger partial charge in [0.15, 0.2) is 5.84 Å². The van der Waals surface area contributed by atoms with Crippen LogP contribution in [0.5, 0.6) is 0 Å². The molecule has 3 aromatic rings. The Morgan fingerprint density at radius 1 is 1.23 bits per heavy atom. The van der Waals surface area contributed by atoms with Crippen LogP contribution in [0.1, 0.15) is 46.3 Å². The van der Waals surface area contributed by atoms with Crippen LogP contribution in [-0.2, 0) is 32.7 Å². The average molecular weight is 475 g/mol. The van der Waals surface area contributed by atoms with Gasteiger partial charge < -0.3 is 15.4 Å². The minimum atomic E-state index is -0.372. The topological polar surface area (TPSA) is 69.3 Å². The van der Waals surface area contributed by atoms with Crippen molar-refractivity contribution in [3.63, 3.8) is 0 Å². The maximum absolute atomic E-state index is 14.7. The number of hydrogen-bond acceptors (Lipinski definition) is 2. The predicted molar refractivity (Wildman–Crippen MR) is 113 cm³/mol. The van der Waals surface area contributed by atoms with Gasteiger partial charge in [0.25, 0.3) is 0 Å². The summed E-state index contributed by atoms with van der Waals surface area (Å²) in [6.07, 6.45) is 4.42. The van der Waals surface area contributed by atoms with Crippen LogP contribution in [0.2, 0.25) is 0 Å². The molecule has 1 radical (unpaired) electrons. The van der Waals surface area contributed by atoms with Gasteiger partial charge in [-0.25, -0.2) is 9.38 Å². The number of benzene rings is 2. The minimum Gasteiger partial charge on any atom is -0.617 e. The number of amidine groups is 1. The number of nitrogens with zero attached hydrogens (tertiary/aromatic N) is 3. The van der Waals surface area contributed by atoms with Gasteiger partial charge in [-0.05, 0) is 60.7 Å². The summed E-state index contributed by atoms with van der Waals surface area (Å²) >= 11 is 0. The number of rotatable bonds is 4. The summed E-state index contributed by atoms with van der Waals surface area (Å²) in [7, 11) is 0. The van der Waals surface area contributed by atoms with E-state index in [1.165, 1.54) is 17.2 Å². The van der Waals surface area contributed by atoms with Gasteiger partial charge in [-0.1, -0.05) is 36.0 Å². The second-order valence-corrected chi connectivity index (χ2v) is 7.65. The molecule has 1 saturated heterocycles. The van der Waals surface area contributed by atoms with Gasteiger partial charge in [0.05, 0.1) is 11.9 Å². The Labute approximate surface area is 200 Å². The molecular weight excluding hydrogens is 454 g/mol. The molecule has 2 bridgehead atoms. The van der Waals surface area contributed by atoms with E-state index >= 15 is 0 Å². The zero-order valence-electron chi connectivity index (χ0n) is 16.6. The second kappa shape index (κ2) is 8.54. The molecule has 1 aliphatic carbocycles. The van der Waals surface area contributed by atoms with E-state index in [9.17, 15) is 4.39 Å². The van der Waals surface area contributed by atoms with Crippen LogP contribution in [0.15, 0.2) is 59.7 Å². The van der Waals surface area contributed by atoms with Crippen molar-refractivity contribution >= 4 is 17.7 Å². The molecule has 2 unspecified atom stereocenters. The van der Waals surface area contributed by atoms with Crippen molar-refractivity contribution < 1.29 is 37.1 Å². The fourth-order valence-corrected chi connectivity index (χ4v) is 4.39. The third-order valence-electron chi connectivity index (χ3n) is 5.81. The summed E-state index contributed by atoms with van der Waals surface area (Å²) < 4.78 is 14.7. The van der Waals surface area contributed by atoms with E-state index < -0.39 is 0 Å². The maximum Gasteiger partial charge on any atom is 0.152 e. The molecule has 2 aliphatic rings. The average Bonchev–Trinajstić information content (AvgIpc) is 3.45. The van der Waals surface area contributed by atoms with E-state index in [1.807, 2.05) is 23.2 Å². The van der Waals surface area contributed by atoms with Crippen LogP contribution in [0.25, 0.3) is 5.43 Å². The fraction of sp³-hybridized carbons (Fsp3) is 0.217. The number of aryl methyl sites for hydroxylation is 1. The number of aromatic nitrogens is 1. The molecule has 1 aromatic heterocycles. The molecule has 2 aromatic carbocycles. The maximum atomic E-state index is 14.7. The number of H-pyrrole nitrogens is 1. The Balaban J connectivity index is 0.00000218.